The number of nitrogens with one attached hydrogen (secondary N) is 2. The maximum Gasteiger partial charge on any atom is 0.387 e. The topological polar surface area (TPSA) is 80.4 Å². The molecular formula is C17H16F6N2O4S. The van der Waals surface area contributed by atoms with Gasteiger partial charge in [-0.15, -0.1) is 0 Å². The van der Waals surface area contributed by atoms with Gasteiger partial charge >= 0.3 is 6.59 Å². The molecule has 6 nitrogen and oxygen atoms in total. The van der Waals surface area contributed by atoms with Gasteiger partial charge in [0.05, 0.1) is 9.80 Å². The lowest BCUT2D eigenvalue weighted by Crippen LogP contribution is -2.44. The summed E-state index contributed by atoms with van der Waals surface area (Å²) in [5.41, 5.74) is -3.42. The molecule has 1 aliphatic carbocycles. The minimum Gasteiger partial charge on any atom is -0.432 e. The fraction of sp³-hybridized carbons (Fsp3) is 0.412. The minimum atomic E-state index is -4.64. The Bertz CT molecular complexity index is 1190. The van der Waals surface area contributed by atoms with Crippen LogP contribution < -0.4 is 9.46 Å². The molecule has 0 saturated carbocycles. The van der Waals surface area contributed by atoms with E-state index < -0.39 is 76.5 Å². The Balaban J connectivity index is 1.89. The van der Waals surface area contributed by atoms with Gasteiger partial charge in [-0.25, -0.2) is 26.0 Å². The minimum absolute atomic E-state index is 0.00704. The maximum atomic E-state index is 14.2. The van der Waals surface area contributed by atoms with Crippen LogP contribution in [0.15, 0.2) is 23.2 Å². The van der Waals surface area contributed by atoms with Crippen LogP contribution in [0, 0.1) is 11.6 Å². The van der Waals surface area contributed by atoms with Crippen molar-refractivity contribution in [3.05, 3.63) is 41.2 Å². The first-order valence-electron chi connectivity index (χ1n) is 10.2. The Morgan fingerprint density at radius 1 is 1.27 bits per heavy atom. The van der Waals surface area contributed by atoms with Crippen LogP contribution in [0.3, 0.4) is 0 Å². The molecule has 1 aromatic heterocycles. The summed E-state index contributed by atoms with van der Waals surface area (Å²) in [6.45, 7) is -4.57. The molecule has 0 aliphatic heterocycles. The van der Waals surface area contributed by atoms with Crippen LogP contribution in [-0.4, -0.2) is 39.1 Å². The SMILES string of the molecule is [2H]C([2H])([2H])O[C@]1(C(F)F)CCc2c(S(=O)(=O)Nc3cc(F)c(OC([2H])(F)F)cc3F)c[nH]c2C1. The molecule has 13 heteroatoms. The summed E-state index contributed by atoms with van der Waals surface area (Å²) in [5.74, 6) is -4.43. The standard InChI is InChI=1S/C17H16F6N2O4S/c1-28-17(15(20)21)3-2-8-12(6-17)24-7-14(8)30(26,27)25-11-4-10(19)13(5-9(11)18)29-16(22)23/h4-5,7,15-16,24-25H,2-3,6H2,1H3/t17-/m1/s1/i1D3,16D. The van der Waals surface area contributed by atoms with Crippen molar-refractivity contribution in [2.75, 3.05) is 11.8 Å². The third-order valence-corrected chi connectivity index (χ3v) is 6.09. The van der Waals surface area contributed by atoms with E-state index in [9.17, 15) is 34.8 Å². The highest BCUT2D eigenvalue weighted by atomic mass is 32.2. The van der Waals surface area contributed by atoms with Crippen LogP contribution in [0.4, 0.5) is 32.0 Å². The number of halogens is 6. The highest BCUT2D eigenvalue weighted by molar-refractivity contribution is 7.92. The molecule has 1 aromatic carbocycles. The van der Waals surface area contributed by atoms with Crippen molar-refractivity contribution in [3.8, 4) is 5.75 Å². The molecule has 3 rings (SSSR count). The maximum absolute atomic E-state index is 14.2. The number of ether oxygens (including phenoxy) is 2. The van der Waals surface area contributed by atoms with Crippen molar-refractivity contribution in [2.45, 2.75) is 42.8 Å². The van der Waals surface area contributed by atoms with E-state index in [-0.39, 0.29) is 29.8 Å². The molecule has 0 saturated heterocycles. The summed E-state index contributed by atoms with van der Waals surface area (Å²) in [5, 5.41) is 0. The summed E-state index contributed by atoms with van der Waals surface area (Å²) in [7, 11) is -7.79. The largest absolute Gasteiger partial charge is 0.432 e. The second kappa shape index (κ2) is 8.02. The van der Waals surface area contributed by atoms with Crippen molar-refractivity contribution in [3.63, 3.8) is 0 Å². The van der Waals surface area contributed by atoms with Gasteiger partial charge in [0.1, 0.15) is 10.5 Å². The van der Waals surface area contributed by atoms with E-state index in [1.165, 1.54) is 0 Å². The van der Waals surface area contributed by atoms with E-state index in [0.717, 1.165) is 6.20 Å². The molecule has 1 aliphatic rings. The quantitative estimate of drug-likeness (QED) is 0.613. The van der Waals surface area contributed by atoms with Gasteiger partial charge in [-0.1, -0.05) is 0 Å². The highest BCUT2D eigenvalue weighted by Crippen LogP contribution is 2.38. The van der Waals surface area contributed by atoms with Crippen molar-refractivity contribution >= 4 is 15.7 Å². The van der Waals surface area contributed by atoms with Crippen LogP contribution in [0.1, 0.15) is 23.2 Å². The molecule has 0 unspecified atom stereocenters. The number of hydrogen-bond acceptors (Lipinski definition) is 4. The number of rotatable bonds is 7. The summed E-state index contributed by atoms with van der Waals surface area (Å²) in [4.78, 5) is 1.96. The van der Waals surface area contributed by atoms with Gasteiger partial charge < -0.3 is 14.5 Å². The molecule has 0 radical (unpaired) electrons. The number of H-pyrrole nitrogens is 1. The third-order valence-electron chi connectivity index (χ3n) is 4.66. The Hall–Kier alpha value is -2.41. The summed E-state index contributed by atoms with van der Waals surface area (Å²) in [6.07, 6.45) is -3.87. The Morgan fingerprint density at radius 3 is 2.63 bits per heavy atom. The van der Waals surface area contributed by atoms with Crippen LogP contribution in [-0.2, 0) is 27.6 Å². The van der Waals surface area contributed by atoms with Gasteiger partial charge in [0.15, 0.2) is 18.8 Å². The lowest BCUT2D eigenvalue weighted by molar-refractivity contribution is -0.128. The normalized spacial score (nSPS) is 22.0. The number of methoxy groups -OCH3 is 1. The van der Waals surface area contributed by atoms with Crippen LogP contribution in [0.2, 0.25) is 0 Å². The molecule has 0 spiro atoms. The van der Waals surface area contributed by atoms with Gasteiger partial charge in [-0.3, -0.25) is 4.72 Å². The van der Waals surface area contributed by atoms with Crippen molar-refractivity contribution < 1.29 is 49.7 Å². The monoisotopic (exact) mass is 462 g/mol. The molecule has 0 fully saturated rings. The van der Waals surface area contributed by atoms with Gasteiger partial charge in [-0.05, 0) is 18.4 Å². The molecule has 166 valence electrons. The van der Waals surface area contributed by atoms with Gasteiger partial charge in [0.2, 0.25) is 0 Å². The zero-order chi connectivity index (χ0) is 25.7. The predicted molar refractivity (Wildman–Crippen MR) is 92.4 cm³/mol. The number of fused-ring (bicyclic) bond motifs is 1. The molecule has 0 amide bonds. The molecule has 1 heterocycles. The van der Waals surface area contributed by atoms with E-state index in [0.29, 0.717) is 0 Å². The number of aromatic nitrogens is 1. The lowest BCUT2D eigenvalue weighted by Gasteiger charge is -2.35. The summed E-state index contributed by atoms with van der Waals surface area (Å²) < 4.78 is 144. The second-order valence-corrected chi connectivity index (χ2v) is 8.10. The van der Waals surface area contributed by atoms with E-state index >= 15 is 0 Å². The second-order valence-electron chi connectivity index (χ2n) is 6.45. The van der Waals surface area contributed by atoms with Crippen LogP contribution in [0.25, 0.3) is 0 Å². The first kappa shape index (κ1) is 17.3. The van der Waals surface area contributed by atoms with E-state index in [1.54, 1.807) is 4.72 Å². The zero-order valence-corrected chi connectivity index (χ0v) is 15.6. The smallest absolute Gasteiger partial charge is 0.387 e. The average molecular weight is 462 g/mol. The van der Waals surface area contributed by atoms with E-state index in [2.05, 4.69) is 14.5 Å². The zero-order valence-electron chi connectivity index (χ0n) is 18.7. The summed E-state index contributed by atoms with van der Waals surface area (Å²) >= 11 is 0. The van der Waals surface area contributed by atoms with Crippen molar-refractivity contribution in [2.24, 2.45) is 0 Å². The highest BCUT2D eigenvalue weighted by Gasteiger charge is 2.45. The number of anilines is 1. The molecule has 0 bridgehead atoms. The first-order valence-corrected chi connectivity index (χ1v) is 9.67. The number of benzene rings is 1. The van der Waals surface area contributed by atoms with Gasteiger partial charge in [0.25, 0.3) is 16.4 Å². The summed E-state index contributed by atoms with van der Waals surface area (Å²) in [6, 6.07) is 0.338. The van der Waals surface area contributed by atoms with Gasteiger partial charge in [-0.2, -0.15) is 8.78 Å². The van der Waals surface area contributed by atoms with Crippen LogP contribution in [0.5, 0.6) is 5.75 Å². The number of alkyl halides is 4. The molecule has 1 atom stereocenters. The Labute approximate surface area is 172 Å². The van der Waals surface area contributed by atoms with Gasteiger partial charge in [0, 0.05) is 37.5 Å². The predicted octanol–water partition coefficient (Wildman–Crippen LogP) is 3.83. The third kappa shape index (κ3) is 4.08. The van der Waals surface area contributed by atoms with Crippen molar-refractivity contribution in [1.29, 1.82) is 0 Å². The fourth-order valence-electron chi connectivity index (χ4n) is 3.16. The Morgan fingerprint density at radius 2 is 2.00 bits per heavy atom. The molecule has 30 heavy (non-hydrogen) atoms. The Kier molecular flexibility index (Phi) is 4.62. The first-order chi connectivity index (χ1) is 15.4. The van der Waals surface area contributed by atoms with E-state index in [1.807, 2.05) is 0 Å². The molecule has 2 N–H and O–H groups in total. The number of aromatic amines is 1. The number of hydrogen-bond donors (Lipinski definition) is 2. The van der Waals surface area contributed by atoms with E-state index in [4.69, 9.17) is 5.48 Å². The fourth-order valence-corrected chi connectivity index (χ4v) is 4.48. The van der Waals surface area contributed by atoms with Crippen molar-refractivity contribution in [1.82, 2.24) is 4.98 Å². The molecule has 2 aromatic rings. The lowest BCUT2D eigenvalue weighted by atomic mass is 9.84. The number of sulfonamides is 1. The molecular weight excluding hydrogens is 442 g/mol. The van der Waals surface area contributed by atoms with Crippen LogP contribution >= 0.6 is 0 Å². The average Bonchev–Trinajstić information content (AvgIpc) is 3.07.